The SMILES string of the molecule is CCOC(=O)c1cc2n(n1)C[C@@](C)(C(=O)NC1CCCCCC1)N(c1cccc(F)c1)C2=O. The van der Waals surface area contributed by atoms with E-state index in [9.17, 15) is 18.8 Å². The molecule has 2 aliphatic rings. The van der Waals surface area contributed by atoms with Crippen molar-refractivity contribution in [3.05, 3.63) is 47.5 Å². The predicted molar refractivity (Wildman–Crippen MR) is 119 cm³/mol. The number of hydrogen-bond acceptors (Lipinski definition) is 5. The first-order valence-corrected chi connectivity index (χ1v) is 11.5. The van der Waals surface area contributed by atoms with E-state index < -0.39 is 23.2 Å². The number of hydrogen-bond donors (Lipinski definition) is 1. The van der Waals surface area contributed by atoms with Gasteiger partial charge < -0.3 is 10.1 Å². The van der Waals surface area contributed by atoms with E-state index in [-0.39, 0.29) is 42.2 Å². The highest BCUT2D eigenvalue weighted by molar-refractivity contribution is 6.12. The lowest BCUT2D eigenvalue weighted by Crippen LogP contribution is -2.65. The number of ether oxygens (including phenoxy) is 1. The largest absolute Gasteiger partial charge is 0.461 e. The van der Waals surface area contributed by atoms with Crippen LogP contribution in [0.25, 0.3) is 0 Å². The Morgan fingerprint density at radius 2 is 1.94 bits per heavy atom. The Balaban J connectivity index is 1.73. The van der Waals surface area contributed by atoms with E-state index in [4.69, 9.17) is 4.74 Å². The Labute approximate surface area is 192 Å². The fourth-order valence-corrected chi connectivity index (χ4v) is 4.67. The van der Waals surface area contributed by atoms with Gasteiger partial charge in [-0.1, -0.05) is 31.7 Å². The molecule has 1 aromatic carbocycles. The minimum absolute atomic E-state index is 0.00665. The number of aromatic nitrogens is 2. The molecule has 1 saturated carbocycles. The molecule has 0 radical (unpaired) electrons. The maximum atomic E-state index is 14.1. The summed E-state index contributed by atoms with van der Waals surface area (Å²) in [4.78, 5) is 40.8. The Morgan fingerprint density at radius 1 is 1.21 bits per heavy atom. The van der Waals surface area contributed by atoms with Gasteiger partial charge in [0.1, 0.15) is 17.1 Å². The third-order valence-electron chi connectivity index (χ3n) is 6.38. The molecule has 176 valence electrons. The van der Waals surface area contributed by atoms with Crippen LogP contribution in [0.4, 0.5) is 10.1 Å². The summed E-state index contributed by atoms with van der Waals surface area (Å²) in [7, 11) is 0. The van der Waals surface area contributed by atoms with Crippen LogP contribution in [0.1, 0.15) is 73.3 Å². The Bertz CT molecular complexity index is 1060. The topological polar surface area (TPSA) is 93.5 Å². The molecule has 1 aliphatic carbocycles. The summed E-state index contributed by atoms with van der Waals surface area (Å²) in [5, 5.41) is 7.37. The minimum Gasteiger partial charge on any atom is -0.461 e. The van der Waals surface area contributed by atoms with Gasteiger partial charge in [0, 0.05) is 17.8 Å². The fraction of sp³-hybridized carbons (Fsp3) is 0.500. The number of halogens is 1. The van der Waals surface area contributed by atoms with Crippen LogP contribution in [-0.4, -0.2) is 45.8 Å². The van der Waals surface area contributed by atoms with Crippen molar-refractivity contribution in [3.63, 3.8) is 0 Å². The van der Waals surface area contributed by atoms with Crippen LogP contribution >= 0.6 is 0 Å². The molecular weight excluding hydrogens is 427 g/mol. The van der Waals surface area contributed by atoms with Gasteiger partial charge in [0.2, 0.25) is 5.91 Å². The first-order chi connectivity index (χ1) is 15.8. The highest BCUT2D eigenvalue weighted by Gasteiger charge is 2.49. The number of rotatable bonds is 5. The first-order valence-electron chi connectivity index (χ1n) is 11.5. The maximum absolute atomic E-state index is 14.1. The van der Waals surface area contributed by atoms with Crippen molar-refractivity contribution in [2.24, 2.45) is 0 Å². The lowest BCUT2D eigenvalue weighted by Gasteiger charge is -2.43. The second kappa shape index (κ2) is 9.33. The number of carbonyl (C=O) groups excluding carboxylic acids is 3. The van der Waals surface area contributed by atoms with E-state index in [1.807, 2.05) is 0 Å². The molecule has 2 heterocycles. The summed E-state index contributed by atoms with van der Waals surface area (Å²) < 4.78 is 20.5. The van der Waals surface area contributed by atoms with Crippen LogP contribution in [0.3, 0.4) is 0 Å². The zero-order valence-electron chi connectivity index (χ0n) is 19.0. The summed E-state index contributed by atoms with van der Waals surface area (Å²) in [6.45, 7) is 3.52. The smallest absolute Gasteiger partial charge is 0.358 e. The predicted octanol–water partition coefficient (Wildman–Crippen LogP) is 3.46. The zero-order chi connectivity index (χ0) is 23.6. The molecular formula is C24H29FN4O4. The second-order valence-corrected chi connectivity index (χ2v) is 8.85. The van der Waals surface area contributed by atoms with Crippen molar-refractivity contribution in [3.8, 4) is 0 Å². The molecule has 8 nitrogen and oxygen atoms in total. The van der Waals surface area contributed by atoms with Gasteiger partial charge in [-0.25, -0.2) is 9.18 Å². The van der Waals surface area contributed by atoms with Gasteiger partial charge in [0.25, 0.3) is 5.91 Å². The van der Waals surface area contributed by atoms with Crippen molar-refractivity contribution in [2.45, 2.75) is 70.5 Å². The van der Waals surface area contributed by atoms with Gasteiger partial charge in [-0.2, -0.15) is 5.10 Å². The second-order valence-electron chi connectivity index (χ2n) is 8.85. The van der Waals surface area contributed by atoms with Gasteiger partial charge >= 0.3 is 5.97 Å². The number of nitrogens with one attached hydrogen (secondary N) is 1. The number of fused-ring (bicyclic) bond motifs is 1. The van der Waals surface area contributed by atoms with Crippen molar-refractivity contribution in [1.82, 2.24) is 15.1 Å². The van der Waals surface area contributed by atoms with Crippen LogP contribution in [0.5, 0.6) is 0 Å². The monoisotopic (exact) mass is 456 g/mol. The normalized spacial score (nSPS) is 21.3. The summed E-state index contributed by atoms with van der Waals surface area (Å²) in [6, 6.07) is 6.98. The van der Waals surface area contributed by atoms with Crippen molar-refractivity contribution < 1.29 is 23.5 Å². The molecule has 1 aliphatic heterocycles. The Morgan fingerprint density at radius 3 is 2.61 bits per heavy atom. The van der Waals surface area contributed by atoms with Gasteiger partial charge in [-0.3, -0.25) is 19.2 Å². The molecule has 0 bridgehead atoms. The number of anilines is 1. The number of amides is 2. The van der Waals surface area contributed by atoms with E-state index in [2.05, 4.69) is 10.4 Å². The molecule has 0 spiro atoms. The third kappa shape index (κ3) is 4.49. The average Bonchev–Trinajstić information content (AvgIpc) is 3.03. The molecule has 9 heteroatoms. The highest BCUT2D eigenvalue weighted by atomic mass is 19.1. The number of carbonyl (C=O) groups is 3. The lowest BCUT2D eigenvalue weighted by molar-refractivity contribution is -0.127. The number of benzene rings is 1. The quantitative estimate of drug-likeness (QED) is 0.549. The van der Waals surface area contributed by atoms with E-state index in [1.165, 1.54) is 33.8 Å². The van der Waals surface area contributed by atoms with Gasteiger partial charge in [-0.15, -0.1) is 0 Å². The highest BCUT2D eigenvalue weighted by Crippen LogP contribution is 2.33. The first kappa shape index (κ1) is 22.9. The van der Waals surface area contributed by atoms with Gasteiger partial charge in [0.05, 0.1) is 13.2 Å². The maximum Gasteiger partial charge on any atom is 0.358 e. The van der Waals surface area contributed by atoms with Gasteiger partial charge in [-0.05, 0) is 44.9 Å². The minimum atomic E-state index is -1.37. The zero-order valence-corrected chi connectivity index (χ0v) is 19.0. The molecule has 1 aromatic heterocycles. The van der Waals surface area contributed by atoms with E-state index in [0.29, 0.717) is 0 Å². The fourth-order valence-electron chi connectivity index (χ4n) is 4.67. The van der Waals surface area contributed by atoms with Crippen LogP contribution in [0.2, 0.25) is 0 Å². The van der Waals surface area contributed by atoms with Crippen LogP contribution in [-0.2, 0) is 16.1 Å². The molecule has 2 amide bonds. The van der Waals surface area contributed by atoms with Crippen molar-refractivity contribution in [2.75, 3.05) is 11.5 Å². The van der Waals surface area contributed by atoms with E-state index >= 15 is 0 Å². The molecule has 1 atom stereocenters. The summed E-state index contributed by atoms with van der Waals surface area (Å²) in [5.74, 6) is -2.02. The summed E-state index contributed by atoms with van der Waals surface area (Å²) >= 11 is 0. The standard InChI is InChI=1S/C24H29FN4O4/c1-3-33-22(31)19-14-20-21(30)29(18-12-8-9-16(25)13-18)24(2,15-28(20)27-19)23(32)26-17-10-6-4-5-7-11-17/h8-9,12-14,17H,3-7,10-11,15H2,1-2H3,(H,26,32)/t24-/m0/s1. The van der Waals surface area contributed by atoms with E-state index in [0.717, 1.165) is 38.5 Å². The van der Waals surface area contributed by atoms with Gasteiger partial charge in [0.15, 0.2) is 5.69 Å². The summed E-state index contributed by atoms with van der Waals surface area (Å²) in [5.41, 5.74) is -0.971. The van der Waals surface area contributed by atoms with E-state index in [1.54, 1.807) is 19.9 Å². The van der Waals surface area contributed by atoms with Crippen LogP contribution in [0.15, 0.2) is 30.3 Å². The number of esters is 1. The van der Waals surface area contributed by atoms with Crippen molar-refractivity contribution in [1.29, 1.82) is 0 Å². The molecule has 0 saturated heterocycles. The number of nitrogens with zero attached hydrogens (tertiary/aromatic N) is 3. The molecule has 4 rings (SSSR count). The lowest BCUT2D eigenvalue weighted by atomic mass is 9.93. The molecule has 0 unspecified atom stereocenters. The molecule has 1 fully saturated rings. The van der Waals surface area contributed by atoms with Crippen LogP contribution in [0, 0.1) is 5.82 Å². The van der Waals surface area contributed by atoms with Crippen molar-refractivity contribution >= 4 is 23.5 Å². The molecule has 33 heavy (non-hydrogen) atoms. The summed E-state index contributed by atoms with van der Waals surface area (Å²) in [6.07, 6.45) is 6.14. The third-order valence-corrected chi connectivity index (χ3v) is 6.38. The molecule has 2 aromatic rings. The molecule has 1 N–H and O–H groups in total. The van der Waals surface area contributed by atoms with Crippen LogP contribution < -0.4 is 10.2 Å². The Kier molecular flexibility index (Phi) is 6.49. The Hall–Kier alpha value is -3.23. The average molecular weight is 457 g/mol.